The van der Waals surface area contributed by atoms with Gasteiger partial charge in [0.25, 0.3) is 0 Å². The molecule has 0 aliphatic rings. The van der Waals surface area contributed by atoms with Crippen LogP contribution in [0.5, 0.6) is 11.6 Å². The summed E-state index contributed by atoms with van der Waals surface area (Å²) in [6.45, 7) is 6.42. The number of rotatable bonds is 2. The van der Waals surface area contributed by atoms with Crippen LogP contribution in [0.15, 0.2) is 42.7 Å². The highest BCUT2D eigenvalue weighted by atomic mass is 127. The molecular weight excluding hydrogens is 377 g/mol. The predicted molar refractivity (Wildman–Crippen MR) is 90.9 cm³/mol. The summed E-state index contributed by atoms with van der Waals surface area (Å²) < 4.78 is 8.88. The molecule has 0 aliphatic carbocycles. The first-order valence-corrected chi connectivity index (χ1v) is 7.80. The molecule has 108 valence electrons. The molecule has 21 heavy (non-hydrogen) atoms. The van der Waals surface area contributed by atoms with E-state index in [1.165, 1.54) is 3.57 Å². The third-order valence-electron chi connectivity index (χ3n) is 3.15. The summed E-state index contributed by atoms with van der Waals surface area (Å²) in [6, 6.07) is 9.93. The second-order valence-electron chi connectivity index (χ2n) is 5.90. The fourth-order valence-corrected chi connectivity index (χ4v) is 2.32. The lowest BCUT2D eigenvalue weighted by Crippen LogP contribution is -2.11. The molecule has 5 heteroatoms. The lowest BCUT2D eigenvalue weighted by Gasteiger charge is -2.13. The van der Waals surface area contributed by atoms with Gasteiger partial charge in [0.1, 0.15) is 11.3 Å². The molecule has 0 spiro atoms. The number of aromatic nitrogens is 3. The first-order valence-electron chi connectivity index (χ1n) is 6.72. The van der Waals surface area contributed by atoms with Crippen molar-refractivity contribution in [2.24, 2.45) is 0 Å². The summed E-state index contributed by atoms with van der Waals surface area (Å²) in [5.41, 5.74) is 1.88. The Bertz CT molecular complexity index is 772. The lowest BCUT2D eigenvalue weighted by atomic mass is 9.92. The Morgan fingerprint density at radius 3 is 2.52 bits per heavy atom. The molecule has 0 aliphatic heterocycles. The van der Waals surface area contributed by atoms with Gasteiger partial charge >= 0.3 is 0 Å². The van der Waals surface area contributed by atoms with Crippen molar-refractivity contribution in [3.8, 4) is 11.6 Å². The Labute approximate surface area is 137 Å². The fraction of sp³-hybridized carbons (Fsp3) is 0.250. The van der Waals surface area contributed by atoms with Crippen LogP contribution in [-0.4, -0.2) is 14.6 Å². The van der Waals surface area contributed by atoms with Crippen LogP contribution in [-0.2, 0) is 5.41 Å². The van der Waals surface area contributed by atoms with E-state index in [0.29, 0.717) is 5.88 Å². The molecule has 2 aromatic heterocycles. The molecule has 2 heterocycles. The molecule has 0 saturated carbocycles. The standard InChI is InChI=1S/C16H16IN3O/c1-16(2,3)14-10-13-15(18-8-9-20(13)19-14)21-12-6-4-11(17)5-7-12/h4-10H,1-3H3. The number of hydrogen-bond donors (Lipinski definition) is 0. The van der Waals surface area contributed by atoms with E-state index in [9.17, 15) is 0 Å². The van der Waals surface area contributed by atoms with E-state index < -0.39 is 0 Å². The Morgan fingerprint density at radius 2 is 1.86 bits per heavy atom. The Kier molecular flexibility index (Phi) is 3.61. The van der Waals surface area contributed by atoms with E-state index >= 15 is 0 Å². The minimum Gasteiger partial charge on any atom is -0.437 e. The number of nitrogens with zero attached hydrogens (tertiary/aromatic N) is 3. The van der Waals surface area contributed by atoms with Crippen LogP contribution >= 0.6 is 22.6 Å². The van der Waals surface area contributed by atoms with Crippen LogP contribution in [0.4, 0.5) is 0 Å². The van der Waals surface area contributed by atoms with Crippen molar-refractivity contribution in [2.45, 2.75) is 26.2 Å². The zero-order chi connectivity index (χ0) is 15.0. The van der Waals surface area contributed by atoms with Crippen LogP contribution in [0.25, 0.3) is 5.52 Å². The normalized spacial score (nSPS) is 11.8. The molecule has 0 N–H and O–H groups in total. The Balaban J connectivity index is 2.02. The van der Waals surface area contributed by atoms with Crippen LogP contribution in [0.2, 0.25) is 0 Å². The van der Waals surface area contributed by atoms with Gasteiger partial charge in [-0.05, 0) is 52.9 Å². The topological polar surface area (TPSA) is 39.4 Å². The van der Waals surface area contributed by atoms with E-state index in [0.717, 1.165) is 17.0 Å². The second-order valence-corrected chi connectivity index (χ2v) is 7.14. The van der Waals surface area contributed by atoms with Crippen molar-refractivity contribution in [3.63, 3.8) is 0 Å². The number of fused-ring (bicyclic) bond motifs is 1. The number of halogens is 1. The highest BCUT2D eigenvalue weighted by Crippen LogP contribution is 2.28. The van der Waals surface area contributed by atoms with Crippen LogP contribution in [0.3, 0.4) is 0 Å². The third kappa shape index (κ3) is 3.02. The van der Waals surface area contributed by atoms with E-state index in [4.69, 9.17) is 4.74 Å². The average molecular weight is 393 g/mol. The second kappa shape index (κ2) is 5.29. The first-order chi connectivity index (χ1) is 9.93. The van der Waals surface area contributed by atoms with Crippen LogP contribution < -0.4 is 4.74 Å². The van der Waals surface area contributed by atoms with Gasteiger partial charge in [-0.3, -0.25) is 0 Å². The van der Waals surface area contributed by atoms with E-state index in [1.54, 1.807) is 6.20 Å². The molecule has 3 rings (SSSR count). The van der Waals surface area contributed by atoms with E-state index in [2.05, 4.69) is 53.4 Å². The van der Waals surface area contributed by atoms with E-state index in [1.807, 2.05) is 41.0 Å². The summed E-state index contributed by atoms with van der Waals surface area (Å²) in [4.78, 5) is 4.34. The molecule has 0 amide bonds. The fourth-order valence-electron chi connectivity index (χ4n) is 1.96. The van der Waals surface area contributed by atoms with Gasteiger partial charge in [0.05, 0.1) is 5.69 Å². The van der Waals surface area contributed by atoms with Crippen LogP contribution in [0, 0.1) is 3.57 Å². The van der Waals surface area contributed by atoms with Gasteiger partial charge in [-0.25, -0.2) is 9.50 Å². The molecule has 0 atom stereocenters. The number of hydrogen-bond acceptors (Lipinski definition) is 3. The molecule has 0 unspecified atom stereocenters. The lowest BCUT2D eigenvalue weighted by molar-refractivity contribution is 0.465. The predicted octanol–water partition coefficient (Wildman–Crippen LogP) is 4.42. The summed E-state index contributed by atoms with van der Waals surface area (Å²) in [6.07, 6.45) is 3.54. The molecule has 0 bridgehead atoms. The maximum absolute atomic E-state index is 5.90. The van der Waals surface area contributed by atoms with Gasteiger partial charge in [0.15, 0.2) is 0 Å². The van der Waals surface area contributed by atoms with Crippen molar-refractivity contribution in [1.82, 2.24) is 14.6 Å². The summed E-state index contributed by atoms with van der Waals surface area (Å²) in [5, 5.41) is 4.60. The van der Waals surface area contributed by atoms with Gasteiger partial charge in [0.2, 0.25) is 5.88 Å². The molecule has 4 nitrogen and oxygen atoms in total. The third-order valence-corrected chi connectivity index (χ3v) is 3.87. The minimum absolute atomic E-state index is 0.00779. The zero-order valence-corrected chi connectivity index (χ0v) is 14.3. The largest absolute Gasteiger partial charge is 0.437 e. The molecule has 0 saturated heterocycles. The molecule has 1 aromatic carbocycles. The highest BCUT2D eigenvalue weighted by Gasteiger charge is 2.19. The molecule has 0 fully saturated rings. The number of benzene rings is 1. The Morgan fingerprint density at radius 1 is 1.14 bits per heavy atom. The van der Waals surface area contributed by atoms with Gasteiger partial charge in [-0.2, -0.15) is 5.10 Å². The minimum atomic E-state index is -0.00779. The first kappa shape index (κ1) is 14.3. The molecule has 3 aromatic rings. The van der Waals surface area contributed by atoms with Crippen molar-refractivity contribution in [1.29, 1.82) is 0 Å². The van der Waals surface area contributed by atoms with Gasteiger partial charge in [-0.15, -0.1) is 0 Å². The van der Waals surface area contributed by atoms with Gasteiger partial charge in [-0.1, -0.05) is 20.8 Å². The summed E-state index contributed by atoms with van der Waals surface area (Å²) in [7, 11) is 0. The van der Waals surface area contributed by atoms with Gasteiger partial charge in [0, 0.05) is 21.4 Å². The SMILES string of the molecule is CC(C)(C)c1cc2c(Oc3ccc(I)cc3)nccn2n1. The maximum atomic E-state index is 5.90. The van der Waals surface area contributed by atoms with Crippen molar-refractivity contribution < 1.29 is 4.74 Å². The summed E-state index contributed by atoms with van der Waals surface area (Å²) in [5.74, 6) is 1.34. The van der Waals surface area contributed by atoms with E-state index in [-0.39, 0.29) is 5.41 Å². The highest BCUT2D eigenvalue weighted by molar-refractivity contribution is 14.1. The smallest absolute Gasteiger partial charge is 0.245 e. The van der Waals surface area contributed by atoms with Crippen molar-refractivity contribution in [3.05, 3.63) is 52.0 Å². The zero-order valence-electron chi connectivity index (χ0n) is 12.2. The van der Waals surface area contributed by atoms with Crippen LogP contribution in [0.1, 0.15) is 26.5 Å². The summed E-state index contributed by atoms with van der Waals surface area (Å²) >= 11 is 2.27. The number of ether oxygens (including phenoxy) is 1. The molecular formula is C16H16IN3O. The monoisotopic (exact) mass is 393 g/mol. The van der Waals surface area contributed by atoms with Crippen molar-refractivity contribution >= 4 is 28.1 Å². The molecule has 0 radical (unpaired) electrons. The van der Waals surface area contributed by atoms with Crippen molar-refractivity contribution in [2.75, 3.05) is 0 Å². The maximum Gasteiger partial charge on any atom is 0.245 e. The average Bonchev–Trinajstić information content (AvgIpc) is 2.86. The quantitative estimate of drug-likeness (QED) is 0.605. The van der Waals surface area contributed by atoms with Gasteiger partial charge < -0.3 is 4.74 Å². The Hall–Kier alpha value is -1.63.